The van der Waals surface area contributed by atoms with Crippen LogP contribution in [-0.4, -0.2) is 36.6 Å². The Hall–Kier alpha value is -3.47. The highest BCUT2D eigenvalue weighted by molar-refractivity contribution is 5.77. The molecule has 0 bridgehead atoms. The van der Waals surface area contributed by atoms with E-state index in [2.05, 4.69) is 10.3 Å². The number of rotatable bonds is 10. The summed E-state index contributed by atoms with van der Waals surface area (Å²) >= 11 is 0. The number of phenols is 1. The topological polar surface area (TPSA) is 174 Å². The van der Waals surface area contributed by atoms with Gasteiger partial charge >= 0.3 is 11.9 Å². The number of hydrogen-bond acceptors (Lipinski definition) is 7. The Morgan fingerprint density at radius 3 is 2.61 bits per heavy atom. The van der Waals surface area contributed by atoms with Crippen molar-refractivity contribution in [2.75, 3.05) is 0 Å². The molecular weight excluding hydrogens is 370 g/mol. The molecule has 0 fully saturated rings. The van der Waals surface area contributed by atoms with Crippen molar-refractivity contribution in [1.29, 1.82) is 0 Å². The Balaban J connectivity index is 2.08. The highest BCUT2D eigenvalue weighted by Crippen LogP contribution is 2.21. The van der Waals surface area contributed by atoms with Crippen molar-refractivity contribution in [3.05, 3.63) is 52.3 Å². The molecule has 1 aromatic heterocycles. The number of aliphatic carboxylic acids is 1. The number of imidazole rings is 1. The normalized spacial score (nSPS) is 12.9. The number of carboxylic acids is 1. The molecule has 2 unspecified atom stereocenters. The summed E-state index contributed by atoms with van der Waals surface area (Å²) in [6, 6.07) is 5.46. The van der Waals surface area contributed by atoms with E-state index in [9.17, 15) is 24.8 Å². The fourth-order valence-corrected chi connectivity index (χ4v) is 2.70. The zero-order valence-electron chi connectivity index (χ0n) is 14.9. The standard InChI is InChI=1S/C17H21N5O6/c18-13(11-4-6-12(23)7-5-11)10-15(24)20-14(2-1-3-16(25)26)21-9-8-19-17(21)22(27)28/h4-9,13-14,23H,1-3,10,18H2,(H,20,24)(H,25,26). The Morgan fingerprint density at radius 2 is 2.00 bits per heavy atom. The first-order valence-corrected chi connectivity index (χ1v) is 8.51. The smallest absolute Gasteiger partial charge is 0.436 e. The fraction of sp³-hybridized carbons (Fsp3) is 0.353. The lowest BCUT2D eigenvalue weighted by atomic mass is 10.0. The monoisotopic (exact) mass is 391 g/mol. The lowest BCUT2D eigenvalue weighted by molar-refractivity contribution is -0.397. The third-order valence-electron chi connectivity index (χ3n) is 4.07. The van der Waals surface area contributed by atoms with E-state index in [1.807, 2.05) is 0 Å². The molecule has 0 saturated carbocycles. The Bertz CT molecular complexity index is 835. The van der Waals surface area contributed by atoms with E-state index in [-0.39, 0.29) is 31.4 Å². The molecule has 1 aromatic carbocycles. The van der Waals surface area contributed by atoms with Gasteiger partial charge in [-0.2, -0.15) is 0 Å². The van der Waals surface area contributed by atoms with E-state index in [1.54, 1.807) is 12.1 Å². The maximum atomic E-state index is 12.4. The molecule has 1 amide bonds. The van der Waals surface area contributed by atoms with Crippen LogP contribution >= 0.6 is 0 Å². The predicted octanol–water partition coefficient (Wildman–Crippen LogP) is 1.46. The molecule has 150 valence electrons. The number of carboxylic acid groups (broad SMARTS) is 1. The molecule has 11 nitrogen and oxygen atoms in total. The SMILES string of the molecule is NC(CC(=O)NC(CCCC(=O)O)n1ccnc1[N+](=O)[O-])c1ccc(O)cc1. The van der Waals surface area contributed by atoms with Gasteiger partial charge in [0.2, 0.25) is 5.91 Å². The van der Waals surface area contributed by atoms with Crippen molar-refractivity contribution in [1.82, 2.24) is 14.9 Å². The number of nitrogens with two attached hydrogens (primary N) is 1. The van der Waals surface area contributed by atoms with Gasteiger partial charge in [0.1, 0.15) is 18.1 Å². The number of amides is 1. The van der Waals surface area contributed by atoms with Crippen LogP contribution in [-0.2, 0) is 9.59 Å². The minimum Gasteiger partial charge on any atom is -0.508 e. The molecule has 2 aromatic rings. The molecule has 11 heteroatoms. The van der Waals surface area contributed by atoms with Crippen LogP contribution in [0.5, 0.6) is 5.75 Å². The first-order valence-electron chi connectivity index (χ1n) is 8.51. The van der Waals surface area contributed by atoms with Crippen molar-refractivity contribution in [3.63, 3.8) is 0 Å². The summed E-state index contributed by atoms with van der Waals surface area (Å²) in [6.07, 6.45) is 1.90. The van der Waals surface area contributed by atoms with Crippen molar-refractivity contribution in [2.45, 2.75) is 37.9 Å². The molecule has 0 aliphatic rings. The molecule has 5 N–H and O–H groups in total. The molecule has 28 heavy (non-hydrogen) atoms. The number of nitro groups is 1. The maximum Gasteiger partial charge on any atom is 0.436 e. The molecule has 0 radical (unpaired) electrons. The lowest BCUT2D eigenvalue weighted by Crippen LogP contribution is -2.34. The first-order chi connectivity index (χ1) is 13.3. The van der Waals surface area contributed by atoms with Crippen LogP contribution in [0.25, 0.3) is 0 Å². The molecule has 0 saturated heterocycles. The highest BCUT2D eigenvalue weighted by atomic mass is 16.6. The van der Waals surface area contributed by atoms with Gasteiger partial charge in [-0.25, -0.2) is 4.57 Å². The number of carbonyl (C=O) groups is 2. The second-order valence-corrected chi connectivity index (χ2v) is 6.16. The molecule has 1 heterocycles. The summed E-state index contributed by atoms with van der Waals surface area (Å²) in [5.41, 5.74) is 6.65. The molecule has 0 spiro atoms. The third-order valence-corrected chi connectivity index (χ3v) is 4.07. The zero-order valence-corrected chi connectivity index (χ0v) is 14.9. The van der Waals surface area contributed by atoms with Crippen LogP contribution in [0.15, 0.2) is 36.7 Å². The van der Waals surface area contributed by atoms with E-state index in [1.165, 1.54) is 29.1 Å². The fourth-order valence-electron chi connectivity index (χ4n) is 2.70. The first kappa shape index (κ1) is 20.8. The van der Waals surface area contributed by atoms with Crippen LogP contribution in [0.3, 0.4) is 0 Å². The van der Waals surface area contributed by atoms with E-state index in [4.69, 9.17) is 10.8 Å². The van der Waals surface area contributed by atoms with Crippen LogP contribution in [0.4, 0.5) is 5.95 Å². The van der Waals surface area contributed by atoms with Gasteiger partial charge in [-0.15, -0.1) is 0 Å². The van der Waals surface area contributed by atoms with Gasteiger partial charge in [0.25, 0.3) is 0 Å². The van der Waals surface area contributed by atoms with E-state index in [0.717, 1.165) is 0 Å². The van der Waals surface area contributed by atoms with Gasteiger partial charge < -0.3 is 31.4 Å². The third kappa shape index (κ3) is 5.77. The van der Waals surface area contributed by atoms with Crippen molar-refractivity contribution >= 4 is 17.8 Å². The van der Waals surface area contributed by atoms with Crippen LogP contribution in [0.2, 0.25) is 0 Å². The van der Waals surface area contributed by atoms with E-state index >= 15 is 0 Å². The van der Waals surface area contributed by atoms with Crippen LogP contribution in [0.1, 0.15) is 43.5 Å². The van der Waals surface area contributed by atoms with Gasteiger partial charge in [-0.05, 0) is 29.0 Å². The quantitative estimate of drug-likeness (QED) is 0.348. The van der Waals surface area contributed by atoms with Gasteiger partial charge in [0, 0.05) is 25.3 Å². The summed E-state index contributed by atoms with van der Waals surface area (Å²) in [5.74, 6) is -1.83. The number of carbonyl (C=O) groups excluding carboxylic acids is 1. The second-order valence-electron chi connectivity index (χ2n) is 6.16. The molecule has 2 atom stereocenters. The summed E-state index contributed by atoms with van der Waals surface area (Å²) in [6.45, 7) is 0. The molecule has 2 rings (SSSR count). The second kappa shape index (κ2) is 9.46. The van der Waals surface area contributed by atoms with Gasteiger partial charge in [-0.1, -0.05) is 17.1 Å². The van der Waals surface area contributed by atoms with Crippen molar-refractivity contribution in [3.8, 4) is 5.75 Å². The van der Waals surface area contributed by atoms with E-state index < -0.39 is 35.0 Å². The van der Waals surface area contributed by atoms with Gasteiger partial charge in [0.05, 0.1) is 0 Å². The molecule has 0 aliphatic carbocycles. The summed E-state index contributed by atoms with van der Waals surface area (Å²) < 4.78 is 1.19. The largest absolute Gasteiger partial charge is 0.508 e. The number of nitrogens with zero attached hydrogens (tertiary/aromatic N) is 3. The minimum absolute atomic E-state index is 0.0753. The predicted molar refractivity (Wildman–Crippen MR) is 97.2 cm³/mol. The summed E-state index contributed by atoms with van der Waals surface area (Å²) in [7, 11) is 0. The maximum absolute atomic E-state index is 12.4. The van der Waals surface area contributed by atoms with Crippen LogP contribution < -0.4 is 11.1 Å². The average Bonchev–Trinajstić information content (AvgIpc) is 3.11. The number of aromatic nitrogens is 2. The number of aromatic hydroxyl groups is 1. The zero-order chi connectivity index (χ0) is 20.7. The highest BCUT2D eigenvalue weighted by Gasteiger charge is 2.25. The Morgan fingerprint density at radius 1 is 1.32 bits per heavy atom. The number of benzene rings is 1. The lowest BCUT2D eigenvalue weighted by Gasteiger charge is -2.19. The van der Waals surface area contributed by atoms with Crippen molar-refractivity contribution in [2.24, 2.45) is 5.73 Å². The van der Waals surface area contributed by atoms with Crippen molar-refractivity contribution < 1.29 is 24.7 Å². The number of nitrogens with one attached hydrogen (secondary N) is 1. The Kier molecular flexibility index (Phi) is 7.04. The van der Waals surface area contributed by atoms with Gasteiger partial charge in [-0.3, -0.25) is 9.59 Å². The minimum atomic E-state index is -1.00. The van der Waals surface area contributed by atoms with Crippen LogP contribution in [0, 0.1) is 10.1 Å². The Labute approximate surface area is 160 Å². The molecule has 0 aliphatic heterocycles. The molecular formula is C17H21N5O6. The van der Waals surface area contributed by atoms with Gasteiger partial charge in [0.15, 0.2) is 6.17 Å². The van der Waals surface area contributed by atoms with E-state index in [0.29, 0.717) is 5.56 Å². The average molecular weight is 391 g/mol. The number of phenolic OH excluding ortho intramolecular Hbond substituents is 1. The summed E-state index contributed by atoms with van der Waals surface area (Å²) in [4.78, 5) is 37.2. The number of hydrogen-bond donors (Lipinski definition) is 4. The summed E-state index contributed by atoms with van der Waals surface area (Å²) in [5, 5.41) is 31.9.